The van der Waals surface area contributed by atoms with E-state index in [-0.39, 0.29) is 0 Å². The van der Waals surface area contributed by atoms with Gasteiger partial charge >= 0.3 is 0 Å². The van der Waals surface area contributed by atoms with Crippen LogP contribution in [0.1, 0.15) is 39.0 Å². The van der Waals surface area contributed by atoms with Crippen molar-refractivity contribution in [2.24, 2.45) is 5.92 Å². The van der Waals surface area contributed by atoms with E-state index in [2.05, 4.69) is 12.2 Å². The second-order valence-electron chi connectivity index (χ2n) is 5.23. The summed E-state index contributed by atoms with van der Waals surface area (Å²) in [6, 6.07) is 0.656. The predicted molar refractivity (Wildman–Crippen MR) is 66.3 cm³/mol. The molecule has 0 aromatic carbocycles. The lowest BCUT2D eigenvalue weighted by atomic mass is 9.95. The molecule has 88 valence electrons. The van der Waals surface area contributed by atoms with Crippen LogP contribution in [-0.2, 0) is 0 Å². The Bertz CT molecular complexity index is 204. The Kier molecular flexibility index (Phi) is 3.97. The Labute approximate surface area is 97.2 Å². The van der Waals surface area contributed by atoms with Crippen molar-refractivity contribution in [3.63, 3.8) is 0 Å². The Morgan fingerprint density at radius 3 is 2.67 bits per heavy atom. The molecule has 2 unspecified atom stereocenters. The van der Waals surface area contributed by atoms with Gasteiger partial charge in [0.2, 0.25) is 0 Å². The fraction of sp³-hybridized carbons (Fsp3) is 1.00. The molecule has 1 heterocycles. The van der Waals surface area contributed by atoms with Crippen molar-refractivity contribution in [3.05, 3.63) is 0 Å². The summed E-state index contributed by atoms with van der Waals surface area (Å²) < 4.78 is 0. The predicted octanol–water partition coefficient (Wildman–Crippen LogP) is 2.02. The molecule has 2 aliphatic rings. The molecule has 2 atom stereocenters. The van der Waals surface area contributed by atoms with Crippen LogP contribution in [0.25, 0.3) is 0 Å². The molecule has 1 aliphatic heterocycles. The van der Waals surface area contributed by atoms with E-state index in [0.29, 0.717) is 6.04 Å². The lowest BCUT2D eigenvalue weighted by Gasteiger charge is -2.33. The van der Waals surface area contributed by atoms with Crippen LogP contribution in [0.5, 0.6) is 0 Å². The molecule has 2 fully saturated rings. The van der Waals surface area contributed by atoms with E-state index in [0.717, 1.165) is 36.8 Å². The minimum absolute atomic E-state index is 0.409. The van der Waals surface area contributed by atoms with Crippen molar-refractivity contribution in [2.45, 2.75) is 50.7 Å². The molecule has 15 heavy (non-hydrogen) atoms. The summed E-state index contributed by atoms with van der Waals surface area (Å²) in [6.07, 6.45) is 5.93. The number of hydrogen-bond donors (Lipinski definition) is 2. The van der Waals surface area contributed by atoms with Gasteiger partial charge < -0.3 is 10.4 Å². The zero-order valence-electron chi connectivity index (χ0n) is 9.67. The number of hydrogen-bond acceptors (Lipinski definition) is 3. The molecule has 2 rings (SSSR count). The van der Waals surface area contributed by atoms with Gasteiger partial charge in [0.1, 0.15) is 0 Å². The van der Waals surface area contributed by atoms with Crippen LogP contribution >= 0.6 is 11.8 Å². The van der Waals surface area contributed by atoms with Crippen LogP contribution in [-0.4, -0.2) is 34.8 Å². The zero-order chi connectivity index (χ0) is 10.7. The molecule has 2 nitrogen and oxygen atoms in total. The van der Waals surface area contributed by atoms with Crippen LogP contribution in [0.15, 0.2) is 0 Å². The average Bonchev–Trinajstić information content (AvgIpc) is 2.62. The molecule has 1 saturated heterocycles. The van der Waals surface area contributed by atoms with Gasteiger partial charge in [-0.2, -0.15) is 11.8 Å². The molecule has 0 bridgehead atoms. The minimum Gasteiger partial charge on any atom is -0.389 e. The maximum atomic E-state index is 10.3. The van der Waals surface area contributed by atoms with Gasteiger partial charge in [0.25, 0.3) is 0 Å². The van der Waals surface area contributed by atoms with E-state index in [1.165, 1.54) is 19.3 Å². The zero-order valence-corrected chi connectivity index (χ0v) is 10.5. The quantitative estimate of drug-likeness (QED) is 0.776. The normalized spacial score (nSPS) is 35.6. The summed E-state index contributed by atoms with van der Waals surface area (Å²) in [7, 11) is 0. The second-order valence-corrected chi connectivity index (χ2v) is 6.46. The van der Waals surface area contributed by atoms with Gasteiger partial charge in [0, 0.05) is 12.6 Å². The summed E-state index contributed by atoms with van der Waals surface area (Å²) in [5.41, 5.74) is -0.409. The van der Waals surface area contributed by atoms with Crippen molar-refractivity contribution in [3.8, 4) is 0 Å². The summed E-state index contributed by atoms with van der Waals surface area (Å²) in [5.74, 6) is 3.04. The van der Waals surface area contributed by atoms with Crippen molar-refractivity contribution >= 4 is 11.8 Å². The van der Waals surface area contributed by atoms with Crippen LogP contribution in [0, 0.1) is 5.92 Å². The summed E-state index contributed by atoms with van der Waals surface area (Å²) in [6.45, 7) is 3.13. The first kappa shape index (κ1) is 11.7. The number of thioether (sulfide) groups is 1. The van der Waals surface area contributed by atoms with Gasteiger partial charge in [-0.05, 0) is 43.1 Å². The molecule has 0 radical (unpaired) electrons. The van der Waals surface area contributed by atoms with Crippen LogP contribution in [0.4, 0.5) is 0 Å². The van der Waals surface area contributed by atoms with Gasteiger partial charge in [-0.3, -0.25) is 0 Å². The Hall–Kier alpha value is 0.270. The summed E-state index contributed by atoms with van der Waals surface area (Å²) in [5, 5.41) is 13.9. The first-order valence-electron chi connectivity index (χ1n) is 6.23. The molecular formula is C12H23NOS. The standard InChI is InChI=1S/C12H23NOS/c1-10-3-2-4-11(10)13-9-12(14)5-7-15-8-6-12/h10-11,13-14H,2-9H2,1H3. The monoisotopic (exact) mass is 229 g/mol. The third-order valence-corrected chi connectivity index (χ3v) is 4.96. The Morgan fingerprint density at radius 1 is 1.33 bits per heavy atom. The lowest BCUT2D eigenvalue weighted by molar-refractivity contribution is 0.0286. The smallest absolute Gasteiger partial charge is 0.0787 e. The first-order valence-corrected chi connectivity index (χ1v) is 7.39. The summed E-state index contributed by atoms with van der Waals surface area (Å²) >= 11 is 1.97. The second kappa shape index (κ2) is 5.07. The molecule has 1 aliphatic carbocycles. The van der Waals surface area contributed by atoms with E-state index < -0.39 is 5.60 Å². The first-order chi connectivity index (χ1) is 7.20. The van der Waals surface area contributed by atoms with Gasteiger partial charge in [0.15, 0.2) is 0 Å². The van der Waals surface area contributed by atoms with E-state index in [1.807, 2.05) is 11.8 Å². The highest BCUT2D eigenvalue weighted by atomic mass is 32.2. The highest BCUT2D eigenvalue weighted by molar-refractivity contribution is 7.99. The lowest BCUT2D eigenvalue weighted by Crippen LogP contribution is -2.47. The summed E-state index contributed by atoms with van der Waals surface area (Å²) in [4.78, 5) is 0. The fourth-order valence-electron chi connectivity index (χ4n) is 2.70. The Morgan fingerprint density at radius 2 is 2.07 bits per heavy atom. The van der Waals surface area contributed by atoms with E-state index in [4.69, 9.17) is 0 Å². The van der Waals surface area contributed by atoms with Gasteiger partial charge in [-0.25, -0.2) is 0 Å². The van der Waals surface area contributed by atoms with Crippen LogP contribution in [0.3, 0.4) is 0 Å². The molecule has 0 aromatic rings. The molecule has 2 N–H and O–H groups in total. The molecule has 3 heteroatoms. The Balaban J connectivity index is 1.76. The molecular weight excluding hydrogens is 206 g/mol. The number of aliphatic hydroxyl groups is 1. The van der Waals surface area contributed by atoms with Crippen LogP contribution in [0.2, 0.25) is 0 Å². The maximum absolute atomic E-state index is 10.3. The molecule has 0 amide bonds. The van der Waals surface area contributed by atoms with E-state index in [9.17, 15) is 5.11 Å². The van der Waals surface area contributed by atoms with Crippen LogP contribution < -0.4 is 5.32 Å². The van der Waals surface area contributed by atoms with Gasteiger partial charge in [-0.1, -0.05) is 13.3 Å². The SMILES string of the molecule is CC1CCCC1NCC1(O)CCSCC1. The third-order valence-electron chi connectivity index (χ3n) is 3.98. The van der Waals surface area contributed by atoms with Gasteiger partial charge in [0.05, 0.1) is 5.60 Å². The maximum Gasteiger partial charge on any atom is 0.0787 e. The van der Waals surface area contributed by atoms with Crippen molar-refractivity contribution in [1.29, 1.82) is 0 Å². The number of nitrogens with one attached hydrogen (secondary N) is 1. The largest absolute Gasteiger partial charge is 0.389 e. The van der Waals surface area contributed by atoms with Crippen molar-refractivity contribution < 1.29 is 5.11 Å². The third kappa shape index (κ3) is 3.11. The highest BCUT2D eigenvalue weighted by Gasteiger charge is 2.31. The van der Waals surface area contributed by atoms with Crippen molar-refractivity contribution in [1.82, 2.24) is 5.32 Å². The van der Waals surface area contributed by atoms with E-state index in [1.54, 1.807) is 0 Å². The fourth-order valence-corrected chi connectivity index (χ4v) is 3.95. The van der Waals surface area contributed by atoms with Crippen molar-refractivity contribution in [2.75, 3.05) is 18.1 Å². The molecule has 1 saturated carbocycles. The average molecular weight is 229 g/mol. The molecule has 0 aromatic heterocycles. The number of rotatable bonds is 3. The van der Waals surface area contributed by atoms with E-state index >= 15 is 0 Å². The topological polar surface area (TPSA) is 32.3 Å². The molecule has 0 spiro atoms. The minimum atomic E-state index is -0.409. The van der Waals surface area contributed by atoms with Gasteiger partial charge in [-0.15, -0.1) is 0 Å². The highest BCUT2D eigenvalue weighted by Crippen LogP contribution is 2.28.